The zero-order valence-electron chi connectivity index (χ0n) is 28.0. The third-order valence-electron chi connectivity index (χ3n) is 8.24. The van der Waals surface area contributed by atoms with Gasteiger partial charge in [-0.25, -0.2) is 8.42 Å². The van der Waals surface area contributed by atoms with E-state index in [1.807, 2.05) is 0 Å². The largest absolute Gasteiger partial charge is 1.00 e. The van der Waals surface area contributed by atoms with Gasteiger partial charge in [0.2, 0.25) is 10.4 Å². The van der Waals surface area contributed by atoms with Gasteiger partial charge in [0, 0.05) is 5.92 Å². The predicted octanol–water partition coefficient (Wildman–Crippen LogP) is 8.99. The fourth-order valence-corrected chi connectivity index (χ4v) is 5.92. The molecule has 0 aromatic heterocycles. The van der Waals surface area contributed by atoms with Gasteiger partial charge in [0.05, 0.1) is 6.61 Å². The molecule has 0 aliphatic carbocycles. The van der Waals surface area contributed by atoms with Gasteiger partial charge in [-0.15, -0.1) is 0 Å². The van der Waals surface area contributed by atoms with Gasteiger partial charge in [-0.05, 0) is 19.3 Å². The molecule has 0 aliphatic heterocycles. The first-order valence-corrected chi connectivity index (χ1v) is 19.1. The molecular formula is C35H69NaO4S. The van der Waals surface area contributed by atoms with Crippen LogP contribution in [0.15, 0.2) is 12.2 Å². The predicted molar refractivity (Wildman–Crippen MR) is 174 cm³/mol. The van der Waals surface area contributed by atoms with Gasteiger partial charge >= 0.3 is 29.6 Å². The maximum absolute atomic E-state index is 10.9. The second kappa shape index (κ2) is 35.1. The Kier molecular flexibility index (Phi) is 37.4. The zero-order valence-corrected chi connectivity index (χ0v) is 30.8. The summed E-state index contributed by atoms with van der Waals surface area (Å²) in [5.74, 6) is 0.0170. The molecule has 0 radical (unpaired) electrons. The van der Waals surface area contributed by atoms with E-state index in [1.54, 1.807) is 0 Å². The number of hydrogen-bond donors (Lipinski definition) is 0. The van der Waals surface area contributed by atoms with E-state index in [0.717, 1.165) is 19.3 Å². The third-order valence-corrected chi connectivity index (χ3v) is 8.66. The van der Waals surface area contributed by atoms with Crippen molar-refractivity contribution in [3.63, 3.8) is 0 Å². The fraction of sp³-hybridized carbons (Fsp3) is 0.943. The van der Waals surface area contributed by atoms with E-state index >= 15 is 0 Å². The molecule has 0 aromatic rings. The molecule has 6 heteroatoms. The SMILES string of the molecule is CCCCCCCCCCCCCCCCCC/C=C/C(CCCCCCCCCCCCC)COS(=O)(=O)[O-].[Na+]. The molecular weight excluding hydrogens is 539 g/mol. The number of rotatable bonds is 33. The van der Waals surface area contributed by atoms with Crippen LogP contribution < -0.4 is 29.6 Å². The van der Waals surface area contributed by atoms with E-state index in [1.165, 1.54) is 167 Å². The Bertz CT molecular complexity index is 624. The van der Waals surface area contributed by atoms with Gasteiger partial charge in [-0.2, -0.15) is 0 Å². The van der Waals surface area contributed by atoms with Crippen LogP contribution in [-0.2, 0) is 14.6 Å². The molecule has 0 fully saturated rings. The standard InChI is InChI=1S/C35H70O4S.Na/c1-3-5-7-9-11-13-15-16-17-18-19-20-21-23-25-27-29-31-33-35(34-39-40(36,37)38)32-30-28-26-24-22-14-12-10-8-6-4-2;/h31,33,35H,3-30,32,34H2,1-2H3,(H,36,37,38);/q;+1/p-1/b33-31+;. The van der Waals surface area contributed by atoms with Crippen molar-refractivity contribution in [2.75, 3.05) is 6.61 Å². The fourth-order valence-electron chi connectivity index (χ4n) is 5.58. The molecule has 0 aromatic carbocycles. The minimum atomic E-state index is -4.62. The van der Waals surface area contributed by atoms with Gasteiger partial charge in [0.15, 0.2) is 0 Å². The van der Waals surface area contributed by atoms with E-state index in [-0.39, 0.29) is 42.1 Å². The molecule has 0 spiro atoms. The van der Waals surface area contributed by atoms with Gasteiger partial charge in [0.25, 0.3) is 0 Å². The van der Waals surface area contributed by atoms with Gasteiger partial charge in [-0.3, -0.25) is 4.18 Å². The van der Waals surface area contributed by atoms with Crippen LogP contribution in [0.4, 0.5) is 0 Å². The van der Waals surface area contributed by atoms with Crippen molar-refractivity contribution in [3.8, 4) is 0 Å². The summed E-state index contributed by atoms with van der Waals surface area (Å²) in [7, 11) is -4.62. The molecule has 1 unspecified atom stereocenters. The van der Waals surface area contributed by atoms with E-state index in [2.05, 4.69) is 30.2 Å². The molecule has 0 rings (SSSR count). The van der Waals surface area contributed by atoms with Crippen molar-refractivity contribution >= 4 is 10.4 Å². The van der Waals surface area contributed by atoms with Crippen LogP contribution in [0.25, 0.3) is 0 Å². The van der Waals surface area contributed by atoms with E-state index in [4.69, 9.17) is 0 Å². The molecule has 0 saturated carbocycles. The quantitative estimate of drug-likeness (QED) is 0.0245. The summed E-state index contributed by atoms with van der Waals surface area (Å²) in [6, 6.07) is 0. The first-order valence-electron chi connectivity index (χ1n) is 17.8. The number of hydrogen-bond acceptors (Lipinski definition) is 4. The summed E-state index contributed by atoms with van der Waals surface area (Å²) in [6.45, 7) is 4.52. The van der Waals surface area contributed by atoms with Crippen molar-refractivity contribution in [2.45, 2.75) is 200 Å². The maximum atomic E-state index is 10.9. The van der Waals surface area contributed by atoms with Crippen LogP contribution in [-0.4, -0.2) is 19.6 Å². The minimum Gasteiger partial charge on any atom is -0.726 e. The topological polar surface area (TPSA) is 66.4 Å². The van der Waals surface area contributed by atoms with E-state index < -0.39 is 10.4 Å². The van der Waals surface area contributed by atoms with Gasteiger partial charge < -0.3 is 4.55 Å². The summed E-state index contributed by atoms with van der Waals surface area (Å²) >= 11 is 0. The molecule has 4 nitrogen and oxygen atoms in total. The summed E-state index contributed by atoms with van der Waals surface area (Å²) in [5, 5.41) is 0. The minimum absolute atomic E-state index is 0. The summed E-state index contributed by atoms with van der Waals surface area (Å²) in [5.41, 5.74) is 0. The van der Waals surface area contributed by atoms with Crippen molar-refractivity contribution in [3.05, 3.63) is 12.2 Å². The molecule has 1 atom stereocenters. The van der Waals surface area contributed by atoms with E-state index in [9.17, 15) is 13.0 Å². The maximum Gasteiger partial charge on any atom is 1.00 e. The van der Waals surface area contributed by atoms with Gasteiger partial charge in [0.1, 0.15) is 0 Å². The zero-order chi connectivity index (χ0) is 29.4. The van der Waals surface area contributed by atoms with Crippen LogP contribution in [0.1, 0.15) is 200 Å². The monoisotopic (exact) mass is 608 g/mol. The van der Waals surface area contributed by atoms with Crippen LogP contribution >= 0.6 is 0 Å². The van der Waals surface area contributed by atoms with E-state index in [0.29, 0.717) is 0 Å². The van der Waals surface area contributed by atoms with Gasteiger partial charge in [-0.1, -0.05) is 193 Å². The average Bonchev–Trinajstić information content (AvgIpc) is 2.93. The molecule has 41 heavy (non-hydrogen) atoms. The Morgan fingerprint density at radius 3 is 1.20 bits per heavy atom. The Morgan fingerprint density at radius 1 is 0.537 bits per heavy atom. The van der Waals surface area contributed by atoms with Crippen LogP contribution in [0.2, 0.25) is 0 Å². The first-order chi connectivity index (χ1) is 19.5. The Morgan fingerprint density at radius 2 is 0.854 bits per heavy atom. The molecule has 0 heterocycles. The molecule has 240 valence electrons. The second-order valence-corrected chi connectivity index (χ2v) is 13.3. The Labute approximate surface area is 280 Å². The number of allylic oxidation sites excluding steroid dienone is 1. The van der Waals surface area contributed by atoms with Crippen LogP contribution in [0, 0.1) is 5.92 Å². The second-order valence-electron chi connectivity index (χ2n) is 12.3. The Hall–Kier alpha value is 0.610. The summed E-state index contributed by atoms with van der Waals surface area (Å²) in [4.78, 5) is 0. The molecule has 0 aliphatic rings. The Balaban J connectivity index is 0. The van der Waals surface area contributed by atoms with Crippen molar-refractivity contribution in [1.29, 1.82) is 0 Å². The smallest absolute Gasteiger partial charge is 0.726 e. The van der Waals surface area contributed by atoms with Crippen molar-refractivity contribution in [2.24, 2.45) is 5.92 Å². The molecule has 0 saturated heterocycles. The normalized spacial score (nSPS) is 12.7. The third kappa shape index (κ3) is 38.6. The van der Waals surface area contributed by atoms with Crippen LogP contribution in [0.5, 0.6) is 0 Å². The summed E-state index contributed by atoms with van der Waals surface area (Å²) in [6.07, 6.45) is 42.4. The number of unbranched alkanes of at least 4 members (excludes halogenated alkanes) is 26. The van der Waals surface area contributed by atoms with Crippen molar-refractivity contribution in [1.82, 2.24) is 0 Å². The molecule has 0 amide bonds. The first kappa shape index (κ1) is 43.7. The molecule has 0 bridgehead atoms. The average molecular weight is 609 g/mol. The van der Waals surface area contributed by atoms with Crippen molar-refractivity contribution < 1.29 is 46.7 Å². The van der Waals surface area contributed by atoms with Crippen LogP contribution in [0.3, 0.4) is 0 Å². The molecule has 0 N–H and O–H groups in total. The summed E-state index contributed by atoms with van der Waals surface area (Å²) < 4.78 is 37.4.